The van der Waals surface area contributed by atoms with Crippen LogP contribution in [0, 0.1) is 0 Å². The van der Waals surface area contributed by atoms with Gasteiger partial charge >= 0.3 is 0 Å². The molecule has 1 aliphatic heterocycles. The van der Waals surface area contributed by atoms with Crippen molar-refractivity contribution >= 4 is 45.9 Å². The van der Waals surface area contributed by atoms with E-state index in [1.807, 2.05) is 41.3 Å². The van der Waals surface area contributed by atoms with Crippen LogP contribution in [0.1, 0.15) is 6.42 Å². The van der Waals surface area contributed by atoms with Crippen molar-refractivity contribution < 1.29 is 9.59 Å². The molecule has 0 bridgehead atoms. The van der Waals surface area contributed by atoms with Crippen LogP contribution in [0.4, 0.5) is 0 Å². The number of rotatable bonds is 5. The lowest BCUT2D eigenvalue weighted by Gasteiger charge is -2.22. The minimum absolute atomic E-state index is 0.100. The number of nitrogens with zero attached hydrogens (tertiary/aromatic N) is 3. The molecule has 0 saturated carbocycles. The van der Waals surface area contributed by atoms with Crippen LogP contribution in [0.5, 0.6) is 0 Å². The molecule has 0 radical (unpaired) electrons. The first-order valence-electron chi connectivity index (χ1n) is 9.46. The molecule has 1 heterocycles. The second kappa shape index (κ2) is 9.63. The summed E-state index contributed by atoms with van der Waals surface area (Å²) in [6, 6.07) is 11.9. The normalized spacial score (nSPS) is 15.5. The second-order valence-corrected chi connectivity index (χ2v) is 8.61. The highest BCUT2D eigenvalue weighted by Gasteiger charge is 2.21. The average molecular weight is 420 g/mol. The van der Waals surface area contributed by atoms with Crippen molar-refractivity contribution in [3.05, 3.63) is 41.4 Å². The molecule has 2 aromatic carbocycles. The van der Waals surface area contributed by atoms with E-state index in [-0.39, 0.29) is 11.8 Å². The fourth-order valence-corrected chi connectivity index (χ4v) is 4.67. The van der Waals surface area contributed by atoms with Crippen LogP contribution in [0.15, 0.2) is 41.3 Å². The van der Waals surface area contributed by atoms with Gasteiger partial charge in [-0.1, -0.05) is 35.9 Å². The Balaban J connectivity index is 1.58. The molecule has 0 unspecified atom stereocenters. The molecular weight excluding hydrogens is 394 g/mol. The minimum Gasteiger partial charge on any atom is -0.348 e. The zero-order valence-corrected chi connectivity index (χ0v) is 17.9. The first kappa shape index (κ1) is 21.0. The maximum absolute atomic E-state index is 12.8. The number of hydrogen-bond acceptors (Lipinski definition) is 4. The third-order valence-corrected chi connectivity index (χ3v) is 6.32. The molecule has 1 fully saturated rings. The molecule has 28 heavy (non-hydrogen) atoms. The van der Waals surface area contributed by atoms with Gasteiger partial charge < -0.3 is 9.80 Å². The van der Waals surface area contributed by atoms with E-state index in [1.54, 1.807) is 19.0 Å². The van der Waals surface area contributed by atoms with Crippen molar-refractivity contribution in [3.8, 4) is 0 Å². The lowest BCUT2D eigenvalue weighted by Crippen LogP contribution is -2.40. The smallest absolute Gasteiger partial charge is 0.236 e. The molecule has 0 atom stereocenters. The van der Waals surface area contributed by atoms with E-state index in [9.17, 15) is 9.59 Å². The first-order chi connectivity index (χ1) is 13.5. The van der Waals surface area contributed by atoms with E-state index >= 15 is 0 Å². The average Bonchev–Trinajstić information content (AvgIpc) is 2.91. The van der Waals surface area contributed by atoms with Gasteiger partial charge in [0.25, 0.3) is 0 Å². The van der Waals surface area contributed by atoms with Crippen LogP contribution >= 0.6 is 23.4 Å². The molecule has 0 N–H and O–H groups in total. The van der Waals surface area contributed by atoms with Gasteiger partial charge in [0.2, 0.25) is 11.8 Å². The minimum atomic E-state index is 0.100. The molecule has 7 heteroatoms. The molecule has 1 aliphatic rings. The second-order valence-electron chi connectivity index (χ2n) is 7.18. The Morgan fingerprint density at radius 3 is 2.57 bits per heavy atom. The number of carbonyl (C=O) groups excluding carboxylic acids is 2. The molecule has 2 aromatic rings. The molecule has 0 aromatic heterocycles. The van der Waals surface area contributed by atoms with Gasteiger partial charge in [-0.2, -0.15) is 0 Å². The van der Waals surface area contributed by atoms with Crippen molar-refractivity contribution in [2.45, 2.75) is 11.3 Å². The van der Waals surface area contributed by atoms with E-state index in [2.05, 4.69) is 4.90 Å². The molecule has 0 aliphatic carbocycles. The summed E-state index contributed by atoms with van der Waals surface area (Å²) >= 11 is 7.92. The van der Waals surface area contributed by atoms with Crippen LogP contribution in [0.3, 0.4) is 0 Å². The lowest BCUT2D eigenvalue weighted by atomic mass is 10.1. The lowest BCUT2D eigenvalue weighted by molar-refractivity contribution is -0.129. The zero-order valence-electron chi connectivity index (χ0n) is 16.4. The van der Waals surface area contributed by atoms with Gasteiger partial charge in [-0.3, -0.25) is 14.5 Å². The number of halogens is 1. The predicted molar refractivity (Wildman–Crippen MR) is 116 cm³/mol. The topological polar surface area (TPSA) is 43.9 Å². The van der Waals surface area contributed by atoms with Gasteiger partial charge in [-0.05, 0) is 23.9 Å². The van der Waals surface area contributed by atoms with E-state index < -0.39 is 0 Å². The number of amides is 2. The van der Waals surface area contributed by atoms with E-state index in [1.165, 1.54) is 11.8 Å². The molecule has 150 valence electrons. The predicted octanol–water partition coefficient (Wildman–Crippen LogP) is 3.21. The third-order valence-electron chi connectivity index (χ3n) is 4.97. The van der Waals surface area contributed by atoms with E-state index in [0.717, 1.165) is 41.7 Å². The van der Waals surface area contributed by atoms with Gasteiger partial charge in [-0.25, -0.2) is 0 Å². The Morgan fingerprint density at radius 1 is 1.07 bits per heavy atom. The monoisotopic (exact) mass is 419 g/mol. The fraction of sp³-hybridized carbons (Fsp3) is 0.429. The summed E-state index contributed by atoms with van der Waals surface area (Å²) in [6.07, 6.45) is 0.886. The van der Waals surface area contributed by atoms with E-state index in [4.69, 9.17) is 11.6 Å². The largest absolute Gasteiger partial charge is 0.348 e. The summed E-state index contributed by atoms with van der Waals surface area (Å²) in [5.41, 5.74) is 0. The summed E-state index contributed by atoms with van der Waals surface area (Å²) in [4.78, 5) is 31.4. The van der Waals surface area contributed by atoms with Gasteiger partial charge in [0, 0.05) is 55.6 Å². The highest BCUT2D eigenvalue weighted by atomic mass is 35.5. The standard InChI is InChI=1S/C21H26ClN3O2S/c1-23(2)19(26)14-24-10-5-11-25(13-12-24)20(27)15-28-18-9-4-7-16-6-3-8-17(22)21(16)18/h3-4,6-9H,5,10-15H2,1-2H3. The number of likely N-dealkylation sites (N-methyl/N-ethyl adjacent to an activating group) is 1. The Bertz CT molecular complexity index is 853. The van der Waals surface area contributed by atoms with Gasteiger partial charge in [0.1, 0.15) is 0 Å². The molecule has 3 rings (SSSR count). The van der Waals surface area contributed by atoms with Gasteiger partial charge in [0.15, 0.2) is 0 Å². The Morgan fingerprint density at radius 2 is 1.82 bits per heavy atom. The van der Waals surface area contributed by atoms with Crippen LogP contribution < -0.4 is 0 Å². The van der Waals surface area contributed by atoms with Crippen LogP contribution in [-0.4, -0.2) is 79.1 Å². The Kier molecular flexibility index (Phi) is 7.21. The third kappa shape index (κ3) is 5.19. The van der Waals surface area contributed by atoms with Crippen molar-refractivity contribution in [1.29, 1.82) is 0 Å². The molecule has 5 nitrogen and oxygen atoms in total. The number of benzene rings is 2. The van der Waals surface area contributed by atoms with Crippen molar-refractivity contribution in [2.75, 3.05) is 52.6 Å². The molecule has 0 spiro atoms. The van der Waals surface area contributed by atoms with Crippen molar-refractivity contribution in [2.24, 2.45) is 0 Å². The van der Waals surface area contributed by atoms with Crippen LogP contribution in [0.25, 0.3) is 10.8 Å². The highest BCUT2D eigenvalue weighted by molar-refractivity contribution is 8.00. The highest BCUT2D eigenvalue weighted by Crippen LogP contribution is 2.33. The summed E-state index contributed by atoms with van der Waals surface area (Å²) < 4.78 is 0. The number of carbonyl (C=O) groups is 2. The number of fused-ring (bicyclic) bond motifs is 1. The van der Waals surface area contributed by atoms with Gasteiger partial charge in [0.05, 0.1) is 12.3 Å². The van der Waals surface area contributed by atoms with Gasteiger partial charge in [-0.15, -0.1) is 11.8 Å². The summed E-state index contributed by atoms with van der Waals surface area (Å²) in [5.74, 6) is 0.624. The molecule has 2 amide bonds. The van der Waals surface area contributed by atoms with Crippen LogP contribution in [0.2, 0.25) is 5.02 Å². The molecule has 1 saturated heterocycles. The van der Waals surface area contributed by atoms with Crippen molar-refractivity contribution in [1.82, 2.24) is 14.7 Å². The Hall–Kier alpha value is -1.76. The number of hydrogen-bond donors (Lipinski definition) is 0. The quantitative estimate of drug-likeness (QED) is 0.698. The van der Waals surface area contributed by atoms with Crippen molar-refractivity contribution in [3.63, 3.8) is 0 Å². The summed E-state index contributed by atoms with van der Waals surface area (Å²) in [6.45, 7) is 3.39. The summed E-state index contributed by atoms with van der Waals surface area (Å²) in [5, 5.41) is 2.80. The van der Waals surface area contributed by atoms with E-state index in [0.29, 0.717) is 23.9 Å². The first-order valence-corrected chi connectivity index (χ1v) is 10.8. The summed E-state index contributed by atoms with van der Waals surface area (Å²) in [7, 11) is 3.54. The maximum Gasteiger partial charge on any atom is 0.236 e. The molecular formula is C21H26ClN3O2S. The number of thioether (sulfide) groups is 1. The fourth-order valence-electron chi connectivity index (χ4n) is 3.32. The zero-order chi connectivity index (χ0) is 20.1. The maximum atomic E-state index is 12.8. The SMILES string of the molecule is CN(C)C(=O)CN1CCCN(C(=O)CSc2cccc3cccc(Cl)c23)CC1. The Labute approximate surface area is 175 Å². The van der Waals surface area contributed by atoms with Crippen LogP contribution in [-0.2, 0) is 9.59 Å².